The quantitative estimate of drug-likeness (QED) is 0.922. The molecule has 20 heavy (non-hydrogen) atoms. The van der Waals surface area contributed by atoms with Crippen molar-refractivity contribution in [2.24, 2.45) is 5.92 Å². The number of hydrogen-bond acceptors (Lipinski definition) is 3. The predicted molar refractivity (Wildman–Crippen MR) is 71.7 cm³/mol. The Hall–Kier alpha value is -1.05. The van der Waals surface area contributed by atoms with Crippen molar-refractivity contribution in [2.75, 3.05) is 20.1 Å². The van der Waals surface area contributed by atoms with Gasteiger partial charge in [-0.3, -0.25) is 0 Å². The molecule has 0 aromatic heterocycles. The molecule has 0 spiro atoms. The first-order valence-corrected chi connectivity index (χ1v) is 7.92. The van der Waals surface area contributed by atoms with Crippen molar-refractivity contribution < 1.29 is 17.2 Å². The Morgan fingerprint density at radius 3 is 2.60 bits per heavy atom. The summed E-state index contributed by atoms with van der Waals surface area (Å²) in [6.07, 6.45) is 0.666. The van der Waals surface area contributed by atoms with Crippen LogP contribution in [0.4, 0.5) is 8.78 Å². The SMILES string of the molecule is CNC1CCN(S(=O)(=O)c2ccc(F)cc2F)CC1C. The zero-order valence-corrected chi connectivity index (χ0v) is 12.3. The second kappa shape index (κ2) is 5.75. The molecule has 2 atom stereocenters. The van der Waals surface area contributed by atoms with Crippen LogP contribution in [0.25, 0.3) is 0 Å². The van der Waals surface area contributed by atoms with Crippen molar-refractivity contribution in [1.29, 1.82) is 0 Å². The van der Waals surface area contributed by atoms with Crippen molar-refractivity contribution in [1.82, 2.24) is 9.62 Å². The van der Waals surface area contributed by atoms with Gasteiger partial charge in [0, 0.05) is 25.2 Å². The molecule has 0 aliphatic carbocycles. The van der Waals surface area contributed by atoms with Crippen molar-refractivity contribution in [3.05, 3.63) is 29.8 Å². The lowest BCUT2D eigenvalue weighted by atomic mass is 9.96. The molecule has 1 heterocycles. The van der Waals surface area contributed by atoms with E-state index in [0.29, 0.717) is 25.6 Å². The minimum Gasteiger partial charge on any atom is -0.317 e. The van der Waals surface area contributed by atoms with Gasteiger partial charge in [0.15, 0.2) is 0 Å². The summed E-state index contributed by atoms with van der Waals surface area (Å²) in [5, 5.41) is 3.14. The highest BCUT2D eigenvalue weighted by atomic mass is 32.2. The molecule has 7 heteroatoms. The van der Waals surface area contributed by atoms with Crippen LogP contribution in [0.5, 0.6) is 0 Å². The highest BCUT2D eigenvalue weighted by Crippen LogP contribution is 2.25. The number of sulfonamides is 1. The van der Waals surface area contributed by atoms with Gasteiger partial charge >= 0.3 is 0 Å². The van der Waals surface area contributed by atoms with Crippen molar-refractivity contribution in [3.8, 4) is 0 Å². The Labute approximate surface area is 117 Å². The number of rotatable bonds is 3. The van der Waals surface area contributed by atoms with Crippen molar-refractivity contribution >= 4 is 10.0 Å². The fraction of sp³-hybridized carbons (Fsp3) is 0.538. The molecule has 1 saturated heterocycles. The van der Waals surface area contributed by atoms with Crippen molar-refractivity contribution in [2.45, 2.75) is 24.3 Å². The fourth-order valence-electron chi connectivity index (χ4n) is 2.58. The number of nitrogens with one attached hydrogen (secondary N) is 1. The van der Waals surface area contributed by atoms with Crippen LogP contribution in [0.2, 0.25) is 0 Å². The smallest absolute Gasteiger partial charge is 0.245 e. The molecule has 1 aliphatic heterocycles. The van der Waals surface area contributed by atoms with Crippen LogP contribution in [0, 0.1) is 17.6 Å². The van der Waals surface area contributed by atoms with Crippen LogP contribution >= 0.6 is 0 Å². The van der Waals surface area contributed by atoms with E-state index in [4.69, 9.17) is 0 Å². The van der Waals surface area contributed by atoms with Gasteiger partial charge in [-0.1, -0.05) is 6.92 Å². The average molecular weight is 304 g/mol. The fourth-order valence-corrected chi connectivity index (χ4v) is 4.18. The summed E-state index contributed by atoms with van der Waals surface area (Å²) >= 11 is 0. The molecule has 0 radical (unpaired) electrons. The average Bonchev–Trinajstić information content (AvgIpc) is 2.38. The van der Waals surface area contributed by atoms with Gasteiger partial charge in [0.2, 0.25) is 10.0 Å². The number of benzene rings is 1. The number of nitrogens with zero attached hydrogens (tertiary/aromatic N) is 1. The van der Waals surface area contributed by atoms with E-state index in [1.165, 1.54) is 4.31 Å². The topological polar surface area (TPSA) is 49.4 Å². The second-order valence-electron chi connectivity index (χ2n) is 5.10. The van der Waals surface area contributed by atoms with Gasteiger partial charge in [0.05, 0.1) is 0 Å². The monoisotopic (exact) mass is 304 g/mol. The molecule has 2 rings (SSSR count). The first-order valence-electron chi connectivity index (χ1n) is 6.48. The molecule has 1 aliphatic rings. The van der Waals surface area contributed by atoms with Gasteiger partial charge in [-0.25, -0.2) is 17.2 Å². The van der Waals surface area contributed by atoms with Gasteiger partial charge in [-0.05, 0) is 31.5 Å². The molecule has 1 fully saturated rings. The highest BCUT2D eigenvalue weighted by Gasteiger charge is 2.34. The van der Waals surface area contributed by atoms with Gasteiger partial charge in [-0.2, -0.15) is 4.31 Å². The Morgan fingerprint density at radius 2 is 2.05 bits per heavy atom. The molecule has 0 bridgehead atoms. The van der Waals surface area contributed by atoms with Gasteiger partial charge < -0.3 is 5.32 Å². The lowest BCUT2D eigenvalue weighted by Gasteiger charge is -2.36. The molecule has 0 saturated carbocycles. The minimum atomic E-state index is -3.91. The molecular weight excluding hydrogens is 286 g/mol. The molecule has 1 aromatic carbocycles. The molecular formula is C13H18F2N2O2S. The summed E-state index contributed by atoms with van der Waals surface area (Å²) in [4.78, 5) is -0.464. The summed E-state index contributed by atoms with van der Waals surface area (Å²) < 4.78 is 52.6. The predicted octanol–water partition coefficient (Wildman–Crippen LogP) is 1.58. The third-order valence-electron chi connectivity index (χ3n) is 3.75. The normalized spacial score (nSPS) is 24.8. The van der Waals surface area contributed by atoms with Gasteiger partial charge in [0.25, 0.3) is 0 Å². The van der Waals surface area contributed by atoms with Gasteiger partial charge in [0.1, 0.15) is 16.5 Å². The van der Waals surface area contributed by atoms with Gasteiger partial charge in [-0.15, -0.1) is 0 Å². The van der Waals surface area contributed by atoms with E-state index in [2.05, 4.69) is 5.32 Å². The van der Waals surface area contributed by atoms with Crippen molar-refractivity contribution in [3.63, 3.8) is 0 Å². The maximum Gasteiger partial charge on any atom is 0.245 e. The number of piperidine rings is 1. The first-order chi connectivity index (χ1) is 9.36. The van der Waals surface area contributed by atoms with E-state index < -0.39 is 26.6 Å². The minimum absolute atomic E-state index is 0.132. The number of hydrogen-bond donors (Lipinski definition) is 1. The summed E-state index contributed by atoms with van der Waals surface area (Å²) in [7, 11) is -2.07. The summed E-state index contributed by atoms with van der Waals surface area (Å²) in [6.45, 7) is 2.60. The van der Waals surface area contributed by atoms with Crippen LogP contribution < -0.4 is 5.32 Å². The zero-order chi connectivity index (χ0) is 14.9. The molecule has 112 valence electrons. The molecule has 1 N–H and O–H groups in total. The zero-order valence-electron chi connectivity index (χ0n) is 11.4. The van der Waals surface area contributed by atoms with Crippen LogP contribution in [-0.2, 0) is 10.0 Å². The Balaban J connectivity index is 2.27. The maximum absolute atomic E-state index is 13.7. The third kappa shape index (κ3) is 2.84. The third-order valence-corrected chi connectivity index (χ3v) is 5.65. The van der Waals surface area contributed by atoms with E-state index in [0.717, 1.165) is 12.1 Å². The van der Waals surface area contributed by atoms with Crippen LogP contribution in [-0.4, -0.2) is 38.9 Å². The van der Waals surface area contributed by atoms with E-state index in [-0.39, 0.29) is 12.0 Å². The summed E-state index contributed by atoms with van der Waals surface area (Å²) in [5.41, 5.74) is 0. The number of halogens is 2. The van der Waals surface area contributed by atoms with E-state index in [1.807, 2.05) is 14.0 Å². The van der Waals surface area contributed by atoms with Crippen LogP contribution in [0.15, 0.2) is 23.1 Å². The Morgan fingerprint density at radius 1 is 1.35 bits per heavy atom. The Kier molecular flexibility index (Phi) is 4.41. The summed E-state index contributed by atoms with van der Waals surface area (Å²) in [5.74, 6) is -1.70. The summed E-state index contributed by atoms with van der Waals surface area (Å²) in [6, 6.07) is 2.78. The Bertz CT molecular complexity index is 592. The molecule has 0 amide bonds. The molecule has 1 aromatic rings. The van der Waals surface area contributed by atoms with Crippen LogP contribution in [0.1, 0.15) is 13.3 Å². The van der Waals surface area contributed by atoms with Crippen LogP contribution in [0.3, 0.4) is 0 Å². The van der Waals surface area contributed by atoms with E-state index in [1.54, 1.807) is 0 Å². The van der Waals surface area contributed by atoms with E-state index in [9.17, 15) is 17.2 Å². The molecule has 4 nitrogen and oxygen atoms in total. The largest absolute Gasteiger partial charge is 0.317 e. The highest BCUT2D eigenvalue weighted by molar-refractivity contribution is 7.89. The van der Waals surface area contributed by atoms with E-state index >= 15 is 0 Å². The molecule has 2 unspecified atom stereocenters. The lowest BCUT2D eigenvalue weighted by Crippen LogP contribution is -2.49. The standard InChI is InChI=1S/C13H18F2N2O2S/c1-9-8-17(6-5-12(9)16-2)20(18,19)13-4-3-10(14)7-11(13)15/h3-4,7,9,12,16H,5-6,8H2,1-2H3. The maximum atomic E-state index is 13.7. The second-order valence-corrected chi connectivity index (χ2v) is 7.01. The first kappa shape index (κ1) is 15.3. The lowest BCUT2D eigenvalue weighted by molar-refractivity contribution is 0.227.